The van der Waals surface area contributed by atoms with Gasteiger partial charge in [-0.3, -0.25) is 0 Å². The van der Waals surface area contributed by atoms with Crippen LogP contribution in [-0.2, 0) is 9.47 Å². The van der Waals surface area contributed by atoms with Gasteiger partial charge in [-0.15, -0.1) is 0 Å². The smallest absolute Gasteiger partial charge is 0.183 e. The first-order chi connectivity index (χ1) is 7.19. The van der Waals surface area contributed by atoms with Crippen LogP contribution in [0.5, 0.6) is 0 Å². The van der Waals surface area contributed by atoms with Crippen LogP contribution in [0, 0.1) is 12.7 Å². The monoisotopic (exact) mass is 212 g/mol. The first kappa shape index (κ1) is 12.1. The minimum atomic E-state index is -0.463. The van der Waals surface area contributed by atoms with Crippen LogP contribution in [0.3, 0.4) is 0 Å². The molecule has 0 saturated carbocycles. The van der Waals surface area contributed by atoms with Crippen LogP contribution < -0.4 is 0 Å². The third-order valence-corrected chi connectivity index (χ3v) is 2.10. The van der Waals surface area contributed by atoms with Crippen molar-refractivity contribution in [2.24, 2.45) is 0 Å². The summed E-state index contributed by atoms with van der Waals surface area (Å²) in [6, 6.07) is 5.02. The van der Waals surface area contributed by atoms with Crippen LogP contribution in [-0.4, -0.2) is 13.2 Å². The number of benzene rings is 1. The highest BCUT2D eigenvalue weighted by atomic mass is 19.1. The van der Waals surface area contributed by atoms with Gasteiger partial charge in [-0.2, -0.15) is 0 Å². The molecule has 1 rings (SSSR count). The zero-order valence-corrected chi connectivity index (χ0v) is 9.42. The summed E-state index contributed by atoms with van der Waals surface area (Å²) in [5.41, 5.74) is 1.35. The summed E-state index contributed by atoms with van der Waals surface area (Å²) in [6.45, 7) is 6.59. The van der Waals surface area contributed by atoms with Crippen molar-refractivity contribution in [3.63, 3.8) is 0 Å². The molecular weight excluding hydrogens is 195 g/mol. The van der Waals surface area contributed by atoms with Gasteiger partial charge in [0.15, 0.2) is 6.29 Å². The van der Waals surface area contributed by atoms with E-state index in [0.29, 0.717) is 18.8 Å². The van der Waals surface area contributed by atoms with Crippen molar-refractivity contribution < 1.29 is 13.9 Å². The first-order valence-electron chi connectivity index (χ1n) is 5.18. The normalized spacial score (nSPS) is 11.0. The van der Waals surface area contributed by atoms with E-state index in [1.54, 1.807) is 13.0 Å². The summed E-state index contributed by atoms with van der Waals surface area (Å²) in [7, 11) is 0. The van der Waals surface area contributed by atoms with Crippen molar-refractivity contribution >= 4 is 0 Å². The molecule has 0 radical (unpaired) electrons. The molecular formula is C12H17FO2. The number of aryl methyl sites for hydroxylation is 1. The molecule has 15 heavy (non-hydrogen) atoms. The number of rotatable bonds is 5. The molecule has 1 aromatic carbocycles. The second kappa shape index (κ2) is 5.83. The van der Waals surface area contributed by atoms with E-state index in [-0.39, 0.29) is 5.82 Å². The maximum atomic E-state index is 13.3. The fourth-order valence-electron chi connectivity index (χ4n) is 1.30. The highest BCUT2D eigenvalue weighted by Gasteiger charge is 2.12. The highest BCUT2D eigenvalue weighted by molar-refractivity contribution is 5.24. The Bertz CT molecular complexity index is 306. The SMILES string of the molecule is CCOC(OCC)c1ccc(C)c(F)c1. The van der Waals surface area contributed by atoms with Crippen LogP contribution in [0.25, 0.3) is 0 Å². The Labute approximate surface area is 90.0 Å². The van der Waals surface area contributed by atoms with Gasteiger partial charge in [0.05, 0.1) is 0 Å². The molecule has 0 N–H and O–H groups in total. The molecule has 0 saturated heterocycles. The van der Waals surface area contributed by atoms with Crippen LogP contribution in [0.4, 0.5) is 4.39 Å². The molecule has 3 heteroatoms. The molecule has 0 spiro atoms. The molecule has 0 amide bonds. The van der Waals surface area contributed by atoms with Crippen LogP contribution >= 0.6 is 0 Å². The van der Waals surface area contributed by atoms with E-state index in [0.717, 1.165) is 5.56 Å². The lowest BCUT2D eigenvalue weighted by molar-refractivity contribution is -0.140. The Morgan fingerprint density at radius 1 is 1.20 bits per heavy atom. The predicted octanol–water partition coefficient (Wildman–Crippen LogP) is 3.21. The van der Waals surface area contributed by atoms with E-state index >= 15 is 0 Å². The van der Waals surface area contributed by atoms with E-state index < -0.39 is 6.29 Å². The summed E-state index contributed by atoms with van der Waals surface area (Å²) in [5.74, 6) is -0.225. The van der Waals surface area contributed by atoms with E-state index in [9.17, 15) is 4.39 Å². The minimum Gasteiger partial charge on any atom is -0.349 e. The fourth-order valence-corrected chi connectivity index (χ4v) is 1.30. The molecule has 0 heterocycles. The summed E-state index contributed by atoms with van der Waals surface area (Å²) < 4.78 is 24.1. The van der Waals surface area contributed by atoms with Gasteiger partial charge in [0.1, 0.15) is 5.82 Å². The van der Waals surface area contributed by atoms with Gasteiger partial charge in [-0.25, -0.2) is 4.39 Å². The first-order valence-corrected chi connectivity index (χ1v) is 5.18. The summed E-state index contributed by atoms with van der Waals surface area (Å²) >= 11 is 0. The molecule has 0 fully saturated rings. The average Bonchev–Trinajstić information content (AvgIpc) is 2.22. The summed E-state index contributed by atoms with van der Waals surface area (Å²) in [6.07, 6.45) is -0.463. The third kappa shape index (κ3) is 3.29. The van der Waals surface area contributed by atoms with Crippen molar-refractivity contribution in [1.29, 1.82) is 0 Å². The lowest BCUT2D eigenvalue weighted by Crippen LogP contribution is -2.09. The van der Waals surface area contributed by atoms with Crippen molar-refractivity contribution in [2.75, 3.05) is 13.2 Å². The fraction of sp³-hybridized carbons (Fsp3) is 0.500. The highest BCUT2D eigenvalue weighted by Crippen LogP contribution is 2.21. The molecule has 0 atom stereocenters. The lowest BCUT2D eigenvalue weighted by atomic mass is 10.1. The Hall–Kier alpha value is -0.930. The van der Waals surface area contributed by atoms with Gasteiger partial charge in [0.2, 0.25) is 0 Å². The Kier molecular flexibility index (Phi) is 4.72. The lowest BCUT2D eigenvalue weighted by Gasteiger charge is -2.17. The van der Waals surface area contributed by atoms with Crippen molar-refractivity contribution in [2.45, 2.75) is 27.1 Å². The summed E-state index contributed by atoms with van der Waals surface area (Å²) in [5, 5.41) is 0. The third-order valence-electron chi connectivity index (χ3n) is 2.10. The predicted molar refractivity (Wildman–Crippen MR) is 57.1 cm³/mol. The van der Waals surface area contributed by atoms with Crippen molar-refractivity contribution in [3.8, 4) is 0 Å². The van der Waals surface area contributed by atoms with E-state index in [1.807, 2.05) is 19.9 Å². The Morgan fingerprint density at radius 2 is 1.80 bits per heavy atom. The second-order valence-electron chi connectivity index (χ2n) is 3.25. The molecule has 1 aromatic rings. The van der Waals surface area contributed by atoms with Gasteiger partial charge >= 0.3 is 0 Å². The van der Waals surface area contributed by atoms with Gasteiger partial charge in [-0.1, -0.05) is 12.1 Å². The summed E-state index contributed by atoms with van der Waals surface area (Å²) in [4.78, 5) is 0. The average molecular weight is 212 g/mol. The van der Waals surface area contributed by atoms with Gasteiger partial charge < -0.3 is 9.47 Å². The maximum absolute atomic E-state index is 13.3. The van der Waals surface area contributed by atoms with Crippen LogP contribution in [0.2, 0.25) is 0 Å². The quantitative estimate of drug-likeness (QED) is 0.698. The molecule has 0 aromatic heterocycles. The zero-order valence-electron chi connectivity index (χ0n) is 9.42. The standard InChI is InChI=1S/C12H17FO2/c1-4-14-12(15-5-2)10-7-6-9(3)11(13)8-10/h6-8,12H,4-5H2,1-3H3. The van der Waals surface area contributed by atoms with Gasteiger partial charge in [-0.05, 0) is 32.4 Å². The largest absolute Gasteiger partial charge is 0.349 e. The number of hydrogen-bond acceptors (Lipinski definition) is 2. The molecule has 84 valence electrons. The maximum Gasteiger partial charge on any atom is 0.183 e. The van der Waals surface area contributed by atoms with Gasteiger partial charge in [0, 0.05) is 18.8 Å². The molecule has 0 unspecified atom stereocenters. The molecule has 0 aliphatic rings. The zero-order chi connectivity index (χ0) is 11.3. The van der Waals surface area contributed by atoms with E-state index in [2.05, 4.69) is 0 Å². The van der Waals surface area contributed by atoms with E-state index in [1.165, 1.54) is 6.07 Å². The van der Waals surface area contributed by atoms with E-state index in [4.69, 9.17) is 9.47 Å². The molecule has 0 aliphatic carbocycles. The van der Waals surface area contributed by atoms with Crippen LogP contribution in [0.15, 0.2) is 18.2 Å². The number of halogens is 1. The van der Waals surface area contributed by atoms with Gasteiger partial charge in [0.25, 0.3) is 0 Å². The molecule has 0 aliphatic heterocycles. The Balaban J connectivity index is 2.85. The number of ether oxygens (including phenoxy) is 2. The minimum absolute atomic E-state index is 0.225. The van der Waals surface area contributed by atoms with Crippen LogP contribution in [0.1, 0.15) is 31.3 Å². The Morgan fingerprint density at radius 3 is 2.27 bits per heavy atom. The second-order valence-corrected chi connectivity index (χ2v) is 3.25. The van der Waals surface area contributed by atoms with Crippen molar-refractivity contribution in [1.82, 2.24) is 0 Å². The molecule has 0 bridgehead atoms. The number of hydrogen-bond donors (Lipinski definition) is 0. The van der Waals surface area contributed by atoms with Crippen molar-refractivity contribution in [3.05, 3.63) is 35.1 Å². The topological polar surface area (TPSA) is 18.5 Å². The molecule has 2 nitrogen and oxygen atoms in total.